The molecule has 12 rings (SSSR count). The Labute approximate surface area is 396 Å². The van der Waals surface area contributed by atoms with Crippen LogP contribution in [0, 0.1) is 6.57 Å². The van der Waals surface area contributed by atoms with Gasteiger partial charge >= 0.3 is 0 Å². The minimum atomic E-state index is -0.654. The third-order valence-electron chi connectivity index (χ3n) is 13.9. The molecule has 0 bridgehead atoms. The number of anilines is 6. The number of benzene rings is 10. The van der Waals surface area contributed by atoms with Gasteiger partial charge in [0.05, 0.1) is 56.5 Å². The maximum atomic E-state index is 8.35. The van der Waals surface area contributed by atoms with Crippen LogP contribution in [0.4, 0.5) is 39.8 Å². The Morgan fingerprint density at radius 2 is 0.612 bits per heavy atom. The molecule has 0 aromatic heterocycles. The predicted octanol–water partition coefficient (Wildman–Crippen LogP) is 16.9. The number of nitrogens with zero attached hydrogens (tertiary/aromatic N) is 3. The van der Waals surface area contributed by atoms with E-state index in [1.807, 2.05) is 24.3 Å². The van der Waals surface area contributed by atoms with E-state index in [1.54, 1.807) is 0 Å². The van der Waals surface area contributed by atoms with Crippen LogP contribution in [0.15, 0.2) is 255 Å². The normalized spacial score (nSPS) is 13.9. The van der Waals surface area contributed by atoms with E-state index in [0.29, 0.717) is 10.7 Å². The largest absolute Gasteiger partial charge is 0.308 e. The van der Waals surface area contributed by atoms with Crippen LogP contribution in [-0.2, 0) is 10.8 Å². The summed E-state index contributed by atoms with van der Waals surface area (Å²) < 4.78 is 0. The lowest BCUT2D eigenvalue weighted by molar-refractivity contribution is 0.730. The Hall–Kier alpha value is -8.42. The topological polar surface area (TPSA) is 10.8 Å². The molecule has 0 saturated carbocycles. The molecule has 10 aromatic rings. The standard InChI is InChI=1S/C63H42ClN3/c1-65-54-37-19-14-32-49(54)44-42-59(66-55-38-20-15-33-50(55)62(45-24-6-2-7-25-45,46-26-8-3-9-27-46)51-34-16-21-39-56(51)66)61(64)60(43-44)67-57-40-22-17-35-52(57)63(47-28-10-4-11-29-47,48-30-12-5-13-31-48)53-36-18-23-41-58(53)67/h2-43H. The van der Waals surface area contributed by atoms with E-state index in [1.165, 1.54) is 22.3 Å². The first kappa shape index (κ1) is 40.1. The number of fused-ring (bicyclic) bond motifs is 4. The summed E-state index contributed by atoms with van der Waals surface area (Å²) in [5.74, 6) is 0. The van der Waals surface area contributed by atoms with Crippen molar-refractivity contribution in [3.05, 3.63) is 316 Å². The van der Waals surface area contributed by atoms with Gasteiger partial charge in [-0.05, 0) is 92.0 Å². The average Bonchev–Trinajstić information content (AvgIpc) is 3.41. The highest BCUT2D eigenvalue weighted by atomic mass is 35.5. The van der Waals surface area contributed by atoms with Crippen molar-refractivity contribution in [1.29, 1.82) is 0 Å². The molecular formula is C63H42ClN3. The number of hydrogen-bond acceptors (Lipinski definition) is 2. The fourth-order valence-electron chi connectivity index (χ4n) is 11.2. The van der Waals surface area contributed by atoms with Crippen LogP contribution in [0.25, 0.3) is 16.0 Å². The monoisotopic (exact) mass is 875 g/mol. The molecule has 0 spiro atoms. The molecule has 0 amide bonds. The van der Waals surface area contributed by atoms with E-state index in [2.05, 4.69) is 245 Å². The van der Waals surface area contributed by atoms with Gasteiger partial charge in [0.2, 0.25) is 0 Å². The molecule has 0 fully saturated rings. The average molecular weight is 877 g/mol. The molecule has 4 heteroatoms. The molecule has 2 heterocycles. The van der Waals surface area contributed by atoms with E-state index in [0.717, 1.165) is 67.5 Å². The summed E-state index contributed by atoms with van der Waals surface area (Å²) in [6.07, 6.45) is 0. The van der Waals surface area contributed by atoms with Gasteiger partial charge in [-0.15, -0.1) is 0 Å². The van der Waals surface area contributed by atoms with Crippen molar-refractivity contribution in [2.75, 3.05) is 9.80 Å². The van der Waals surface area contributed by atoms with Gasteiger partial charge < -0.3 is 9.80 Å². The first-order valence-corrected chi connectivity index (χ1v) is 23.0. The van der Waals surface area contributed by atoms with Crippen LogP contribution in [0.5, 0.6) is 0 Å². The molecule has 2 aliphatic heterocycles. The predicted molar refractivity (Wildman–Crippen MR) is 276 cm³/mol. The Kier molecular flexibility index (Phi) is 9.72. The SMILES string of the molecule is [C-]#[N+]c1ccccc1-c1cc(N2c3ccccc3C(c3ccccc3)(c3ccccc3)c3ccccc32)c(Cl)c(N2c3ccccc3C(c3ccccc3)(c3ccccc3)c3ccccc32)c1. The quantitative estimate of drug-likeness (QED) is 0.148. The lowest BCUT2D eigenvalue weighted by Crippen LogP contribution is -2.38. The van der Waals surface area contributed by atoms with Crippen molar-refractivity contribution in [3.63, 3.8) is 0 Å². The summed E-state index contributed by atoms with van der Waals surface area (Å²) in [4.78, 5) is 8.76. The molecule has 0 unspecified atom stereocenters. The molecule has 316 valence electrons. The summed E-state index contributed by atoms with van der Waals surface area (Å²) >= 11 is 8.24. The number of rotatable bonds is 7. The zero-order valence-electron chi connectivity index (χ0n) is 36.5. The molecule has 0 aliphatic carbocycles. The maximum absolute atomic E-state index is 8.35. The van der Waals surface area contributed by atoms with Crippen LogP contribution in [0.3, 0.4) is 0 Å². The molecule has 0 N–H and O–H groups in total. The fraction of sp³-hybridized carbons (Fsp3) is 0.0317. The number of hydrogen-bond donors (Lipinski definition) is 0. The third-order valence-corrected chi connectivity index (χ3v) is 14.3. The van der Waals surface area contributed by atoms with Gasteiger partial charge in [-0.25, -0.2) is 4.85 Å². The van der Waals surface area contributed by atoms with Crippen molar-refractivity contribution in [1.82, 2.24) is 0 Å². The van der Waals surface area contributed by atoms with Crippen molar-refractivity contribution in [3.8, 4) is 11.1 Å². The molecule has 0 radical (unpaired) electrons. The highest BCUT2D eigenvalue weighted by Gasteiger charge is 2.49. The van der Waals surface area contributed by atoms with Crippen LogP contribution in [-0.4, -0.2) is 0 Å². The smallest absolute Gasteiger partial charge is 0.194 e. The molecule has 3 nitrogen and oxygen atoms in total. The van der Waals surface area contributed by atoms with Crippen molar-refractivity contribution in [2.45, 2.75) is 10.8 Å². The van der Waals surface area contributed by atoms with Gasteiger partial charge in [0.25, 0.3) is 0 Å². The van der Waals surface area contributed by atoms with Crippen molar-refractivity contribution >= 4 is 51.4 Å². The van der Waals surface area contributed by atoms with Gasteiger partial charge in [-0.3, -0.25) is 0 Å². The first-order chi connectivity index (χ1) is 33.2. The molecule has 0 atom stereocenters. The molecule has 10 aromatic carbocycles. The minimum absolute atomic E-state index is 0.569. The van der Waals surface area contributed by atoms with Gasteiger partial charge in [0.15, 0.2) is 5.69 Å². The van der Waals surface area contributed by atoms with E-state index in [4.69, 9.17) is 18.2 Å². The lowest BCUT2D eigenvalue weighted by atomic mass is 9.62. The van der Waals surface area contributed by atoms with Crippen molar-refractivity contribution < 1.29 is 0 Å². The van der Waals surface area contributed by atoms with Gasteiger partial charge in [-0.2, -0.15) is 0 Å². The first-order valence-electron chi connectivity index (χ1n) is 22.7. The second-order valence-corrected chi connectivity index (χ2v) is 17.5. The Bertz CT molecular complexity index is 3130. The molecule has 2 aliphatic rings. The Morgan fingerprint density at radius 3 is 0.940 bits per heavy atom. The van der Waals surface area contributed by atoms with Gasteiger partial charge in [0.1, 0.15) is 0 Å². The second-order valence-electron chi connectivity index (χ2n) is 17.2. The van der Waals surface area contributed by atoms with Crippen molar-refractivity contribution in [2.24, 2.45) is 0 Å². The van der Waals surface area contributed by atoms with Crippen LogP contribution in [0.2, 0.25) is 5.02 Å². The lowest BCUT2D eigenvalue weighted by Gasteiger charge is -2.48. The summed E-state index contributed by atoms with van der Waals surface area (Å²) in [5.41, 5.74) is 15.9. The highest BCUT2D eigenvalue weighted by Crippen LogP contribution is 2.62. The van der Waals surface area contributed by atoms with E-state index in [-0.39, 0.29) is 0 Å². The van der Waals surface area contributed by atoms with Gasteiger partial charge in [0, 0.05) is 0 Å². The molecular weight excluding hydrogens is 834 g/mol. The number of para-hydroxylation sites is 5. The molecule has 0 saturated heterocycles. The summed E-state index contributed by atoms with van der Waals surface area (Å²) in [7, 11) is 0. The molecule has 67 heavy (non-hydrogen) atoms. The minimum Gasteiger partial charge on any atom is -0.308 e. The van der Waals surface area contributed by atoms with Crippen LogP contribution < -0.4 is 9.80 Å². The fourth-order valence-corrected chi connectivity index (χ4v) is 11.5. The Balaban J connectivity index is 1.18. The summed E-state index contributed by atoms with van der Waals surface area (Å²) in [6.45, 7) is 8.35. The van der Waals surface area contributed by atoms with Crippen LogP contribution in [0.1, 0.15) is 44.5 Å². The summed E-state index contributed by atoms with van der Waals surface area (Å²) in [6, 6.07) is 90.8. The highest BCUT2D eigenvalue weighted by molar-refractivity contribution is 6.37. The van der Waals surface area contributed by atoms with E-state index >= 15 is 0 Å². The second kappa shape index (κ2) is 16.2. The number of halogens is 1. The third kappa shape index (κ3) is 5.97. The van der Waals surface area contributed by atoms with Crippen LogP contribution >= 0.6 is 11.6 Å². The van der Waals surface area contributed by atoms with E-state index in [9.17, 15) is 0 Å². The zero-order chi connectivity index (χ0) is 45.0. The zero-order valence-corrected chi connectivity index (χ0v) is 37.2. The van der Waals surface area contributed by atoms with E-state index < -0.39 is 10.8 Å². The van der Waals surface area contributed by atoms with Gasteiger partial charge in [-0.1, -0.05) is 230 Å². The summed E-state index contributed by atoms with van der Waals surface area (Å²) in [5, 5.41) is 0.581. The Morgan fingerprint density at radius 1 is 0.328 bits per heavy atom. The maximum Gasteiger partial charge on any atom is 0.194 e.